The van der Waals surface area contributed by atoms with E-state index in [9.17, 15) is 9.59 Å². The molecule has 160 valence electrons. The number of para-hydroxylation sites is 1. The number of halogens is 1. The van der Waals surface area contributed by atoms with E-state index in [1.54, 1.807) is 50.5 Å². The molecule has 2 N–H and O–H groups in total. The Bertz CT molecular complexity index is 932. The van der Waals surface area contributed by atoms with Gasteiger partial charge in [0.2, 0.25) is 0 Å². The van der Waals surface area contributed by atoms with Crippen molar-refractivity contribution in [1.29, 1.82) is 0 Å². The van der Waals surface area contributed by atoms with Gasteiger partial charge in [0.25, 0.3) is 11.8 Å². The first kappa shape index (κ1) is 23.8. The summed E-state index contributed by atoms with van der Waals surface area (Å²) in [6, 6.07) is 12.2. The van der Waals surface area contributed by atoms with Gasteiger partial charge in [0.05, 0.1) is 23.4 Å². The lowest BCUT2D eigenvalue weighted by atomic mass is 10.1. The summed E-state index contributed by atoms with van der Waals surface area (Å²) in [4.78, 5) is 26.7. The molecule has 8 heteroatoms. The first-order valence-electron chi connectivity index (χ1n) is 9.54. The minimum absolute atomic E-state index is 0.0899. The lowest BCUT2D eigenvalue weighted by molar-refractivity contribution is 0.0828. The van der Waals surface area contributed by atoms with Crippen LogP contribution in [0.3, 0.4) is 0 Å². The van der Waals surface area contributed by atoms with E-state index < -0.39 is 5.91 Å². The summed E-state index contributed by atoms with van der Waals surface area (Å²) in [6.45, 7) is 4.74. The van der Waals surface area contributed by atoms with E-state index in [2.05, 4.69) is 40.4 Å². The van der Waals surface area contributed by atoms with E-state index >= 15 is 0 Å². The lowest BCUT2D eigenvalue weighted by Gasteiger charge is -2.17. The van der Waals surface area contributed by atoms with Gasteiger partial charge in [-0.25, -0.2) is 0 Å². The minimum Gasteiger partial charge on any atom is -0.493 e. The molecule has 0 fully saturated rings. The second kappa shape index (κ2) is 11.1. The molecule has 0 saturated heterocycles. The van der Waals surface area contributed by atoms with E-state index in [1.165, 1.54) is 4.90 Å². The lowest BCUT2D eigenvalue weighted by Crippen LogP contribution is -2.35. The summed E-state index contributed by atoms with van der Waals surface area (Å²) in [7, 11) is 3.35. The number of anilines is 1. The Labute approximate surface area is 191 Å². The molecular formula is C22H26BrN3O3S. The first-order chi connectivity index (χ1) is 14.2. The van der Waals surface area contributed by atoms with Crippen molar-refractivity contribution in [3.05, 3.63) is 58.1 Å². The van der Waals surface area contributed by atoms with Crippen LogP contribution in [0, 0.1) is 5.92 Å². The molecule has 2 amide bonds. The summed E-state index contributed by atoms with van der Waals surface area (Å²) in [6.07, 6.45) is 0.883. The maximum absolute atomic E-state index is 12.8. The van der Waals surface area contributed by atoms with Gasteiger partial charge in [-0.2, -0.15) is 0 Å². The van der Waals surface area contributed by atoms with Crippen molar-refractivity contribution in [3.8, 4) is 5.75 Å². The predicted octanol–water partition coefficient (Wildman–Crippen LogP) is 4.70. The fraction of sp³-hybridized carbons (Fsp3) is 0.318. The molecule has 0 saturated carbocycles. The van der Waals surface area contributed by atoms with Crippen LogP contribution in [0.5, 0.6) is 5.75 Å². The molecule has 2 aromatic carbocycles. The van der Waals surface area contributed by atoms with Crippen LogP contribution in [0.25, 0.3) is 0 Å². The third-order valence-corrected chi connectivity index (χ3v) is 4.88. The fourth-order valence-electron chi connectivity index (χ4n) is 2.55. The molecule has 6 nitrogen and oxygen atoms in total. The number of nitrogens with zero attached hydrogens (tertiary/aromatic N) is 1. The van der Waals surface area contributed by atoms with Gasteiger partial charge < -0.3 is 15.0 Å². The van der Waals surface area contributed by atoms with Crippen LogP contribution in [0.2, 0.25) is 0 Å². The molecule has 0 aliphatic rings. The van der Waals surface area contributed by atoms with Gasteiger partial charge >= 0.3 is 0 Å². The van der Waals surface area contributed by atoms with E-state index in [-0.39, 0.29) is 11.0 Å². The largest absolute Gasteiger partial charge is 0.493 e. The number of hydrogen-bond acceptors (Lipinski definition) is 4. The molecule has 2 aromatic rings. The van der Waals surface area contributed by atoms with Crippen LogP contribution in [0.4, 0.5) is 5.69 Å². The van der Waals surface area contributed by atoms with Gasteiger partial charge in [-0.3, -0.25) is 14.9 Å². The number of benzene rings is 2. The van der Waals surface area contributed by atoms with Gasteiger partial charge in [0.15, 0.2) is 5.11 Å². The third-order valence-electron chi connectivity index (χ3n) is 4.18. The van der Waals surface area contributed by atoms with Crippen LogP contribution in [-0.2, 0) is 0 Å². The molecule has 0 spiro atoms. The number of hydrogen-bond donors (Lipinski definition) is 2. The second-order valence-electron chi connectivity index (χ2n) is 7.32. The van der Waals surface area contributed by atoms with Crippen LogP contribution in [0.1, 0.15) is 41.0 Å². The highest BCUT2D eigenvalue weighted by Gasteiger charge is 2.17. The third kappa shape index (κ3) is 6.81. The molecule has 0 aromatic heterocycles. The molecular weight excluding hydrogens is 466 g/mol. The van der Waals surface area contributed by atoms with Crippen molar-refractivity contribution >= 4 is 50.8 Å². The van der Waals surface area contributed by atoms with Gasteiger partial charge in [-0.15, -0.1) is 0 Å². The molecule has 0 aliphatic heterocycles. The fourth-order valence-corrected chi connectivity index (χ4v) is 3.12. The van der Waals surface area contributed by atoms with Crippen molar-refractivity contribution < 1.29 is 14.3 Å². The van der Waals surface area contributed by atoms with Crippen LogP contribution in [-0.4, -0.2) is 42.5 Å². The number of nitrogens with one attached hydrogen (secondary N) is 2. The molecule has 30 heavy (non-hydrogen) atoms. The van der Waals surface area contributed by atoms with Crippen molar-refractivity contribution in [3.63, 3.8) is 0 Å². The Morgan fingerprint density at radius 2 is 1.83 bits per heavy atom. The van der Waals surface area contributed by atoms with Gasteiger partial charge in [-0.1, -0.05) is 41.9 Å². The highest BCUT2D eigenvalue weighted by molar-refractivity contribution is 9.10. The standard InChI is InChI=1S/C22H26BrN3O3S/c1-14(2)11-12-29-19-10-9-15(23)13-17(19)20(27)25-22(30)24-18-8-6-5-7-16(18)21(28)26(3)4/h5-10,13-14H,11-12H2,1-4H3,(H2,24,25,27,30). The topological polar surface area (TPSA) is 70.7 Å². The number of thiocarbonyl (C=S) groups is 1. The Kier molecular flexibility index (Phi) is 8.80. The average molecular weight is 492 g/mol. The molecule has 0 unspecified atom stereocenters. The highest BCUT2D eigenvalue weighted by Crippen LogP contribution is 2.24. The van der Waals surface area contributed by atoms with Gasteiger partial charge in [0, 0.05) is 18.6 Å². The summed E-state index contributed by atoms with van der Waals surface area (Å²) in [5.74, 6) is 0.423. The number of carbonyl (C=O) groups excluding carboxylic acids is 2. The second-order valence-corrected chi connectivity index (χ2v) is 8.65. The minimum atomic E-state index is -0.398. The zero-order valence-electron chi connectivity index (χ0n) is 17.5. The van der Waals surface area contributed by atoms with Crippen molar-refractivity contribution in [1.82, 2.24) is 10.2 Å². The molecule has 2 rings (SSSR count). The smallest absolute Gasteiger partial charge is 0.261 e. The Hall–Kier alpha value is -2.45. The number of ether oxygens (including phenoxy) is 1. The average Bonchev–Trinajstić information content (AvgIpc) is 2.68. The summed E-state index contributed by atoms with van der Waals surface area (Å²) < 4.78 is 6.56. The Morgan fingerprint density at radius 3 is 2.50 bits per heavy atom. The van der Waals surface area contributed by atoms with E-state index in [1.807, 2.05) is 6.07 Å². The van der Waals surface area contributed by atoms with Crippen molar-refractivity contribution in [2.24, 2.45) is 5.92 Å². The zero-order chi connectivity index (χ0) is 22.3. The molecule has 0 radical (unpaired) electrons. The summed E-state index contributed by atoms with van der Waals surface area (Å²) in [5, 5.41) is 5.69. The quantitative estimate of drug-likeness (QED) is 0.549. The Morgan fingerprint density at radius 1 is 1.13 bits per heavy atom. The first-order valence-corrected chi connectivity index (χ1v) is 10.7. The summed E-state index contributed by atoms with van der Waals surface area (Å²) in [5.41, 5.74) is 1.35. The van der Waals surface area contributed by atoms with E-state index in [0.29, 0.717) is 35.1 Å². The number of carbonyl (C=O) groups is 2. The van der Waals surface area contributed by atoms with Crippen LogP contribution >= 0.6 is 28.1 Å². The van der Waals surface area contributed by atoms with Crippen LogP contribution < -0.4 is 15.4 Å². The molecule has 0 bridgehead atoms. The maximum atomic E-state index is 12.8. The van der Waals surface area contributed by atoms with E-state index in [4.69, 9.17) is 17.0 Å². The Balaban J connectivity index is 2.13. The van der Waals surface area contributed by atoms with Crippen LogP contribution in [0.15, 0.2) is 46.9 Å². The van der Waals surface area contributed by atoms with Crippen molar-refractivity contribution in [2.45, 2.75) is 20.3 Å². The molecule has 0 aliphatic carbocycles. The van der Waals surface area contributed by atoms with Gasteiger partial charge in [0.1, 0.15) is 5.75 Å². The highest BCUT2D eigenvalue weighted by atomic mass is 79.9. The van der Waals surface area contributed by atoms with Gasteiger partial charge in [-0.05, 0) is 54.9 Å². The SMILES string of the molecule is CC(C)CCOc1ccc(Br)cc1C(=O)NC(=S)Nc1ccccc1C(=O)N(C)C. The zero-order valence-corrected chi connectivity index (χ0v) is 19.9. The van der Waals surface area contributed by atoms with E-state index in [0.717, 1.165) is 10.9 Å². The predicted molar refractivity (Wildman–Crippen MR) is 127 cm³/mol. The molecule has 0 atom stereocenters. The number of amides is 2. The molecule has 0 heterocycles. The maximum Gasteiger partial charge on any atom is 0.261 e. The summed E-state index contributed by atoms with van der Waals surface area (Å²) >= 11 is 8.69. The monoisotopic (exact) mass is 491 g/mol. The van der Waals surface area contributed by atoms with Crippen molar-refractivity contribution in [2.75, 3.05) is 26.0 Å². The number of rotatable bonds is 7. The normalized spacial score (nSPS) is 10.5.